The first-order valence-corrected chi connectivity index (χ1v) is 1.97. The molecule has 0 saturated heterocycles. The third-order valence-corrected chi connectivity index (χ3v) is 0.626. The van der Waals surface area contributed by atoms with Crippen molar-refractivity contribution in [3.8, 4) is 0 Å². The molecular formula is C4H2O2S. The number of aldehydes is 1. The van der Waals surface area contributed by atoms with E-state index in [2.05, 4.69) is 12.2 Å². The fourth-order valence-electron chi connectivity index (χ4n) is 0.0759. The van der Waals surface area contributed by atoms with Crippen molar-refractivity contribution in [2.45, 2.75) is 0 Å². The van der Waals surface area contributed by atoms with Crippen LogP contribution in [0, 0.1) is 0 Å². The highest BCUT2D eigenvalue weighted by Gasteiger charge is 1.82. The summed E-state index contributed by atoms with van der Waals surface area (Å²) >= 11 is 4.22. The van der Waals surface area contributed by atoms with Gasteiger partial charge in [-0.3, -0.25) is 4.79 Å². The first kappa shape index (κ1) is 6.21. The Morgan fingerprint density at radius 2 is 2.29 bits per heavy atom. The lowest BCUT2D eigenvalue weighted by Crippen LogP contribution is -1.81. The molecule has 0 aromatic rings. The topological polar surface area (TPSA) is 34.1 Å². The standard InChI is InChI=1S/C4H2O2S/c5-1-4(2-6)3-7/h1,3H. The molecular weight excluding hydrogens is 112 g/mol. The van der Waals surface area contributed by atoms with E-state index in [1.807, 2.05) is 0 Å². The number of thiocarbonyl (C=S) groups is 1. The van der Waals surface area contributed by atoms with Crippen molar-refractivity contribution in [2.75, 3.05) is 0 Å². The molecule has 0 radical (unpaired) electrons. The number of carbonyl (C=O) groups is 1. The molecule has 0 heterocycles. The van der Waals surface area contributed by atoms with E-state index in [0.717, 1.165) is 5.37 Å². The molecule has 0 bridgehead atoms. The van der Waals surface area contributed by atoms with E-state index in [4.69, 9.17) is 0 Å². The van der Waals surface area contributed by atoms with E-state index < -0.39 is 0 Å². The maximum absolute atomic E-state index is 9.57. The third kappa shape index (κ3) is 1.98. The highest BCUT2D eigenvalue weighted by molar-refractivity contribution is 7.79. The SMILES string of the molecule is O=C=C(C=O)C=S. The van der Waals surface area contributed by atoms with Crippen LogP contribution in [0.3, 0.4) is 0 Å². The van der Waals surface area contributed by atoms with E-state index in [1.165, 1.54) is 5.94 Å². The minimum Gasteiger partial charge on any atom is -0.297 e. The Bertz CT molecular complexity index is 123. The van der Waals surface area contributed by atoms with Crippen LogP contribution in [0.5, 0.6) is 0 Å². The van der Waals surface area contributed by atoms with Crippen molar-refractivity contribution in [1.29, 1.82) is 0 Å². The second-order valence-corrected chi connectivity index (χ2v) is 1.03. The zero-order valence-electron chi connectivity index (χ0n) is 3.38. The van der Waals surface area contributed by atoms with Gasteiger partial charge in [0.15, 0.2) is 6.29 Å². The molecule has 0 atom stereocenters. The molecule has 0 fully saturated rings. The highest BCUT2D eigenvalue weighted by atomic mass is 32.1. The quantitative estimate of drug-likeness (QED) is 0.218. The summed E-state index contributed by atoms with van der Waals surface area (Å²) in [5.41, 5.74) is -0.116. The summed E-state index contributed by atoms with van der Waals surface area (Å²) < 4.78 is 0. The molecule has 0 saturated carbocycles. The van der Waals surface area contributed by atoms with Crippen molar-refractivity contribution >= 4 is 29.8 Å². The zero-order chi connectivity index (χ0) is 5.70. The number of hydrogen-bond donors (Lipinski definition) is 0. The molecule has 0 spiro atoms. The second kappa shape index (κ2) is 3.40. The average molecular weight is 114 g/mol. The van der Waals surface area contributed by atoms with Gasteiger partial charge in [0.1, 0.15) is 11.5 Å². The molecule has 0 aromatic carbocycles. The summed E-state index contributed by atoms with van der Waals surface area (Å²) in [6.45, 7) is 0. The Morgan fingerprint density at radius 1 is 1.71 bits per heavy atom. The van der Waals surface area contributed by atoms with Gasteiger partial charge in [-0.1, -0.05) is 12.2 Å². The lowest BCUT2D eigenvalue weighted by atomic mass is 10.4. The molecule has 0 rings (SSSR count). The number of hydrogen-bond acceptors (Lipinski definition) is 3. The maximum atomic E-state index is 9.57. The van der Waals surface area contributed by atoms with Gasteiger partial charge in [-0.05, 0) is 0 Å². The van der Waals surface area contributed by atoms with Gasteiger partial charge in [-0.15, -0.1) is 0 Å². The van der Waals surface area contributed by atoms with Crippen LogP contribution in [0.1, 0.15) is 0 Å². The Balaban J connectivity index is 4.14. The van der Waals surface area contributed by atoms with Crippen molar-refractivity contribution in [3.05, 3.63) is 5.57 Å². The van der Waals surface area contributed by atoms with Crippen LogP contribution in [0.4, 0.5) is 0 Å². The van der Waals surface area contributed by atoms with Gasteiger partial charge in [0.05, 0.1) is 0 Å². The smallest absolute Gasteiger partial charge is 0.161 e. The molecule has 0 aliphatic heterocycles. The third-order valence-electron chi connectivity index (χ3n) is 0.372. The summed E-state index contributed by atoms with van der Waals surface area (Å²) in [4.78, 5) is 19.0. The predicted molar refractivity (Wildman–Crippen MR) is 28.9 cm³/mol. The van der Waals surface area contributed by atoms with Gasteiger partial charge in [0.2, 0.25) is 0 Å². The maximum Gasteiger partial charge on any atom is 0.161 e. The largest absolute Gasteiger partial charge is 0.297 e. The lowest BCUT2D eigenvalue weighted by Gasteiger charge is -1.66. The van der Waals surface area contributed by atoms with Gasteiger partial charge in [0.25, 0.3) is 0 Å². The Hall–Kier alpha value is -0.790. The average Bonchev–Trinajstić information content (AvgIpc) is 1.72. The summed E-state index contributed by atoms with van der Waals surface area (Å²) in [7, 11) is 0. The summed E-state index contributed by atoms with van der Waals surface area (Å²) in [6.07, 6.45) is 0.361. The monoisotopic (exact) mass is 114 g/mol. The Labute approximate surface area is 45.8 Å². The highest BCUT2D eigenvalue weighted by Crippen LogP contribution is 1.70. The minimum atomic E-state index is -0.116. The normalized spacial score (nSPS) is 6.29. The van der Waals surface area contributed by atoms with Gasteiger partial charge >= 0.3 is 0 Å². The number of allylic oxidation sites excluding steroid dienone is 1. The van der Waals surface area contributed by atoms with Gasteiger partial charge in [0, 0.05) is 5.37 Å². The molecule has 0 unspecified atom stereocenters. The molecule has 0 aliphatic carbocycles. The molecule has 0 aliphatic rings. The molecule has 0 amide bonds. The minimum absolute atomic E-state index is 0.116. The van der Waals surface area contributed by atoms with E-state index in [0.29, 0.717) is 6.29 Å². The van der Waals surface area contributed by atoms with Gasteiger partial charge in [-0.2, -0.15) is 0 Å². The van der Waals surface area contributed by atoms with Crippen LogP contribution >= 0.6 is 12.2 Å². The summed E-state index contributed by atoms with van der Waals surface area (Å²) in [5.74, 6) is 1.34. The van der Waals surface area contributed by atoms with Crippen molar-refractivity contribution in [2.24, 2.45) is 0 Å². The number of rotatable bonds is 2. The lowest BCUT2D eigenvalue weighted by molar-refractivity contribution is -0.104. The molecule has 0 N–H and O–H groups in total. The van der Waals surface area contributed by atoms with E-state index in [1.54, 1.807) is 0 Å². The van der Waals surface area contributed by atoms with Crippen molar-refractivity contribution in [3.63, 3.8) is 0 Å². The number of carbonyl (C=O) groups excluding carboxylic acids is 2. The zero-order valence-corrected chi connectivity index (χ0v) is 4.20. The van der Waals surface area contributed by atoms with Crippen LogP contribution in [0.15, 0.2) is 5.57 Å². The van der Waals surface area contributed by atoms with Crippen LogP contribution in [-0.2, 0) is 9.59 Å². The second-order valence-electron chi connectivity index (χ2n) is 0.793. The van der Waals surface area contributed by atoms with E-state index >= 15 is 0 Å². The fourth-order valence-corrected chi connectivity index (χ4v) is 0.180. The van der Waals surface area contributed by atoms with Crippen LogP contribution in [0.25, 0.3) is 0 Å². The Morgan fingerprint density at radius 3 is 2.29 bits per heavy atom. The van der Waals surface area contributed by atoms with Crippen molar-refractivity contribution < 1.29 is 9.59 Å². The molecule has 3 heteroatoms. The van der Waals surface area contributed by atoms with Crippen LogP contribution in [-0.4, -0.2) is 17.6 Å². The molecule has 0 aromatic heterocycles. The fraction of sp³-hybridized carbons (Fsp3) is 0. The predicted octanol–water partition coefficient (Wildman–Crippen LogP) is -0.0570. The summed E-state index contributed by atoms with van der Waals surface area (Å²) in [5, 5.41) is 0.986. The van der Waals surface area contributed by atoms with Gasteiger partial charge < -0.3 is 0 Å². The molecule has 36 valence electrons. The van der Waals surface area contributed by atoms with Crippen LogP contribution < -0.4 is 0 Å². The van der Waals surface area contributed by atoms with E-state index in [-0.39, 0.29) is 5.57 Å². The Kier molecular flexibility index (Phi) is 3.02. The summed E-state index contributed by atoms with van der Waals surface area (Å²) in [6, 6.07) is 0. The molecule has 2 nitrogen and oxygen atoms in total. The van der Waals surface area contributed by atoms with Gasteiger partial charge in [-0.25, -0.2) is 4.79 Å². The van der Waals surface area contributed by atoms with Crippen molar-refractivity contribution in [1.82, 2.24) is 0 Å². The first-order valence-electron chi connectivity index (χ1n) is 1.50. The van der Waals surface area contributed by atoms with E-state index in [9.17, 15) is 9.59 Å². The molecule has 7 heavy (non-hydrogen) atoms. The van der Waals surface area contributed by atoms with Crippen LogP contribution in [0.2, 0.25) is 0 Å². The first-order chi connectivity index (χ1) is 3.35.